The summed E-state index contributed by atoms with van der Waals surface area (Å²) in [4.78, 5) is 10.9. The number of aliphatic hydroxyl groups is 1. The average molecular weight is 350 g/mol. The Hall–Kier alpha value is -2.77. The smallest absolute Gasteiger partial charge is 0.339 e. The highest BCUT2D eigenvalue weighted by atomic mass is 16.4. The van der Waals surface area contributed by atoms with E-state index in [1.165, 1.54) is 29.3 Å². The summed E-state index contributed by atoms with van der Waals surface area (Å²) in [6.45, 7) is 4.44. The van der Waals surface area contributed by atoms with Gasteiger partial charge < -0.3 is 15.3 Å². The number of benzene rings is 2. The van der Waals surface area contributed by atoms with E-state index in [-0.39, 0.29) is 16.7 Å². The van der Waals surface area contributed by atoms with Crippen molar-refractivity contribution in [3.05, 3.63) is 64.2 Å². The number of rotatable bonds is 2. The van der Waals surface area contributed by atoms with E-state index in [2.05, 4.69) is 31.8 Å². The molecular weight excluding hydrogens is 328 g/mol. The summed E-state index contributed by atoms with van der Waals surface area (Å²) in [7, 11) is 0. The van der Waals surface area contributed by atoms with Gasteiger partial charge in [0.15, 0.2) is 0 Å². The molecule has 0 fully saturated rings. The molecule has 0 aromatic heterocycles. The maximum Gasteiger partial charge on any atom is 0.339 e. The van der Waals surface area contributed by atoms with E-state index in [0.717, 1.165) is 24.8 Å². The van der Waals surface area contributed by atoms with E-state index < -0.39 is 12.1 Å². The van der Waals surface area contributed by atoms with Crippen LogP contribution in [-0.4, -0.2) is 21.3 Å². The van der Waals surface area contributed by atoms with Gasteiger partial charge >= 0.3 is 5.97 Å². The molecule has 0 saturated carbocycles. The lowest BCUT2D eigenvalue weighted by Crippen LogP contribution is -2.25. The SMILES string of the molecule is CC1(C)CCCc2c(C(O)C#Cc3ccc(C(=O)O)c(O)c3)cccc21. The van der Waals surface area contributed by atoms with Gasteiger partial charge in [-0.25, -0.2) is 4.79 Å². The van der Waals surface area contributed by atoms with Gasteiger partial charge in [0, 0.05) is 5.56 Å². The van der Waals surface area contributed by atoms with Gasteiger partial charge in [0.05, 0.1) is 0 Å². The fourth-order valence-corrected chi connectivity index (χ4v) is 3.64. The molecule has 1 atom stereocenters. The lowest BCUT2D eigenvalue weighted by atomic mass is 9.71. The van der Waals surface area contributed by atoms with Gasteiger partial charge in [0.25, 0.3) is 0 Å². The monoisotopic (exact) mass is 350 g/mol. The number of aromatic carboxylic acids is 1. The summed E-state index contributed by atoms with van der Waals surface area (Å²) in [5.41, 5.74) is 3.65. The number of hydrogen-bond donors (Lipinski definition) is 3. The Kier molecular flexibility index (Phi) is 4.76. The van der Waals surface area contributed by atoms with Crippen molar-refractivity contribution in [2.24, 2.45) is 0 Å². The molecule has 0 saturated heterocycles. The number of hydrogen-bond acceptors (Lipinski definition) is 3. The average Bonchev–Trinajstić information content (AvgIpc) is 2.59. The summed E-state index contributed by atoms with van der Waals surface area (Å²) >= 11 is 0. The van der Waals surface area contributed by atoms with Crippen LogP contribution in [0.4, 0.5) is 0 Å². The van der Waals surface area contributed by atoms with Crippen molar-refractivity contribution >= 4 is 5.97 Å². The standard InChI is InChI=1S/C22H22O4/c1-22(2)12-4-6-15-16(5-3-7-18(15)22)19(23)11-9-14-8-10-17(21(25)26)20(24)13-14/h3,5,7-8,10,13,19,23-24H,4,6,12H2,1-2H3,(H,25,26). The summed E-state index contributed by atoms with van der Waals surface area (Å²) < 4.78 is 0. The Morgan fingerprint density at radius 1 is 1.23 bits per heavy atom. The van der Waals surface area contributed by atoms with Gasteiger partial charge in [-0.15, -0.1) is 0 Å². The number of aromatic hydroxyl groups is 1. The van der Waals surface area contributed by atoms with E-state index in [1.54, 1.807) is 0 Å². The predicted octanol–water partition coefficient (Wildman–Crippen LogP) is 3.79. The fraction of sp³-hybridized carbons (Fsp3) is 0.318. The maximum absolute atomic E-state index is 10.9. The normalized spacial score (nSPS) is 16.1. The third-order valence-corrected chi connectivity index (χ3v) is 5.05. The quantitative estimate of drug-likeness (QED) is 0.720. The highest BCUT2D eigenvalue weighted by Crippen LogP contribution is 2.39. The zero-order valence-electron chi connectivity index (χ0n) is 14.9. The Balaban J connectivity index is 1.91. The molecule has 134 valence electrons. The van der Waals surface area contributed by atoms with Gasteiger partial charge in [0.2, 0.25) is 0 Å². The number of carboxylic acids is 1. The van der Waals surface area contributed by atoms with Crippen molar-refractivity contribution in [3.8, 4) is 17.6 Å². The zero-order chi connectivity index (χ0) is 18.9. The number of fused-ring (bicyclic) bond motifs is 1. The van der Waals surface area contributed by atoms with Crippen LogP contribution >= 0.6 is 0 Å². The van der Waals surface area contributed by atoms with Gasteiger partial charge in [-0.1, -0.05) is 43.9 Å². The first-order chi connectivity index (χ1) is 12.3. The lowest BCUT2D eigenvalue weighted by molar-refractivity contribution is 0.0693. The molecule has 2 aromatic carbocycles. The van der Waals surface area contributed by atoms with E-state index >= 15 is 0 Å². The van der Waals surface area contributed by atoms with Crippen molar-refractivity contribution in [3.63, 3.8) is 0 Å². The van der Waals surface area contributed by atoms with Crippen molar-refractivity contribution in [2.45, 2.75) is 44.6 Å². The second-order valence-corrected chi connectivity index (χ2v) is 7.32. The van der Waals surface area contributed by atoms with Gasteiger partial charge in [-0.2, -0.15) is 0 Å². The topological polar surface area (TPSA) is 77.8 Å². The molecule has 0 amide bonds. The van der Waals surface area contributed by atoms with Crippen LogP contribution in [0, 0.1) is 11.8 Å². The summed E-state index contributed by atoms with van der Waals surface area (Å²) in [5, 5.41) is 29.3. The molecule has 3 rings (SSSR count). The van der Waals surface area contributed by atoms with Crippen LogP contribution in [-0.2, 0) is 11.8 Å². The van der Waals surface area contributed by atoms with Crippen LogP contribution in [0.1, 0.15) is 65.4 Å². The van der Waals surface area contributed by atoms with Gasteiger partial charge in [-0.3, -0.25) is 0 Å². The summed E-state index contributed by atoms with van der Waals surface area (Å²) in [5.74, 6) is 4.11. The van der Waals surface area contributed by atoms with Crippen LogP contribution < -0.4 is 0 Å². The summed E-state index contributed by atoms with van der Waals surface area (Å²) in [6, 6.07) is 10.1. The van der Waals surface area contributed by atoms with Crippen molar-refractivity contribution < 1.29 is 20.1 Å². The second-order valence-electron chi connectivity index (χ2n) is 7.32. The number of aliphatic hydroxyl groups excluding tert-OH is 1. The van der Waals surface area contributed by atoms with Crippen molar-refractivity contribution in [2.75, 3.05) is 0 Å². The molecule has 2 aromatic rings. The highest BCUT2D eigenvalue weighted by Gasteiger charge is 2.29. The molecule has 1 aliphatic rings. The van der Waals surface area contributed by atoms with Crippen LogP contribution in [0.3, 0.4) is 0 Å². The van der Waals surface area contributed by atoms with Gasteiger partial charge in [0.1, 0.15) is 17.4 Å². The Bertz CT molecular complexity index is 915. The molecule has 0 aliphatic heterocycles. The first kappa shape index (κ1) is 18.0. The fourth-order valence-electron chi connectivity index (χ4n) is 3.64. The molecule has 1 unspecified atom stereocenters. The molecule has 0 spiro atoms. The third-order valence-electron chi connectivity index (χ3n) is 5.05. The first-order valence-corrected chi connectivity index (χ1v) is 8.68. The second kappa shape index (κ2) is 6.86. The number of carbonyl (C=O) groups is 1. The Labute approximate surface area is 153 Å². The molecule has 3 N–H and O–H groups in total. The third kappa shape index (κ3) is 3.44. The van der Waals surface area contributed by atoms with Crippen LogP contribution in [0.2, 0.25) is 0 Å². The largest absolute Gasteiger partial charge is 0.507 e. The predicted molar refractivity (Wildman–Crippen MR) is 99.3 cm³/mol. The molecule has 0 radical (unpaired) electrons. The van der Waals surface area contributed by atoms with E-state index in [0.29, 0.717) is 5.56 Å². The Morgan fingerprint density at radius 2 is 2.00 bits per heavy atom. The minimum absolute atomic E-state index is 0.0925. The molecular formula is C22H22O4. The minimum atomic E-state index is -1.19. The summed E-state index contributed by atoms with van der Waals surface area (Å²) in [6.07, 6.45) is 2.21. The van der Waals surface area contributed by atoms with Crippen LogP contribution in [0.5, 0.6) is 5.75 Å². The first-order valence-electron chi connectivity index (χ1n) is 8.68. The van der Waals surface area contributed by atoms with E-state index in [1.807, 2.05) is 12.1 Å². The lowest BCUT2D eigenvalue weighted by Gasteiger charge is -2.34. The minimum Gasteiger partial charge on any atom is -0.507 e. The van der Waals surface area contributed by atoms with E-state index in [4.69, 9.17) is 5.11 Å². The van der Waals surface area contributed by atoms with Crippen LogP contribution in [0.25, 0.3) is 0 Å². The molecule has 4 nitrogen and oxygen atoms in total. The molecule has 4 heteroatoms. The molecule has 0 heterocycles. The zero-order valence-corrected chi connectivity index (χ0v) is 14.9. The number of carboxylic acid groups (broad SMARTS) is 1. The number of phenols is 1. The maximum atomic E-state index is 10.9. The molecule has 0 bridgehead atoms. The highest BCUT2D eigenvalue weighted by molar-refractivity contribution is 5.90. The Morgan fingerprint density at radius 3 is 2.69 bits per heavy atom. The molecule has 1 aliphatic carbocycles. The van der Waals surface area contributed by atoms with Crippen molar-refractivity contribution in [1.29, 1.82) is 0 Å². The van der Waals surface area contributed by atoms with Crippen LogP contribution in [0.15, 0.2) is 36.4 Å². The van der Waals surface area contributed by atoms with E-state index in [9.17, 15) is 15.0 Å². The molecule has 26 heavy (non-hydrogen) atoms. The van der Waals surface area contributed by atoms with Gasteiger partial charge in [-0.05, 0) is 59.6 Å². The van der Waals surface area contributed by atoms with Crippen molar-refractivity contribution in [1.82, 2.24) is 0 Å².